The van der Waals surface area contributed by atoms with Gasteiger partial charge in [0.1, 0.15) is 0 Å². The van der Waals surface area contributed by atoms with Gasteiger partial charge in [-0.15, -0.1) is 0 Å². The van der Waals surface area contributed by atoms with E-state index in [0.29, 0.717) is 53.8 Å². The fourth-order valence-electron chi connectivity index (χ4n) is 12.4. The lowest BCUT2D eigenvalue weighted by Gasteiger charge is -2.39. The Morgan fingerprint density at radius 2 is 1.48 bits per heavy atom. The largest absolute Gasteiger partial charge is 0.341 e. The van der Waals surface area contributed by atoms with Gasteiger partial charge in [-0.05, 0) is 140 Å². The van der Waals surface area contributed by atoms with E-state index in [-0.39, 0.29) is 0 Å². The van der Waals surface area contributed by atoms with Crippen LogP contribution in [0.5, 0.6) is 0 Å². The van der Waals surface area contributed by atoms with E-state index in [4.69, 9.17) is 0 Å². The summed E-state index contributed by atoms with van der Waals surface area (Å²) in [6.45, 7) is 0. The molecular weight excluding hydrogens is 677 g/mol. The highest BCUT2D eigenvalue weighted by atomic mass is 15.3. The van der Waals surface area contributed by atoms with Crippen molar-refractivity contribution in [2.75, 3.05) is 0 Å². The highest BCUT2D eigenvalue weighted by Gasteiger charge is 2.50. The Bertz CT molecular complexity index is 2150. The molecule has 1 saturated heterocycles. The van der Waals surface area contributed by atoms with Crippen LogP contribution in [0.25, 0.3) is 0 Å². The lowest BCUT2D eigenvalue weighted by molar-refractivity contribution is 0.156. The van der Waals surface area contributed by atoms with Gasteiger partial charge in [0.05, 0.1) is 6.04 Å². The molecule has 0 aromatic rings. The Balaban J connectivity index is 0.865. The van der Waals surface area contributed by atoms with Crippen molar-refractivity contribution < 1.29 is 0 Å². The standard InChI is InChI=1S/C54H58N2/c1-3-13-37(14-4-1)40-17-11-18-41(33-40)39-25-29-45(30-26-39)55-51-23-9-7-21-47(51)49-31-27-43(35-53(49)55)44-28-32-50-48-22-8-10-24-52(48)56(54(50)36-44)46-20-12-19-42(34-46)38-15-5-2-6-16-38/h2-3,5-8,12-15,17,19-22,25-27,29,31,33,35-36,38,42,45,47,49-51,53-54H,1,4,9-11,16,18,23-24,28,30,32,34H2. The summed E-state index contributed by atoms with van der Waals surface area (Å²) in [6, 6.07) is 1.93. The predicted molar refractivity (Wildman–Crippen MR) is 233 cm³/mol. The quantitative estimate of drug-likeness (QED) is 0.251. The molecule has 0 spiro atoms. The van der Waals surface area contributed by atoms with Gasteiger partial charge in [-0.1, -0.05) is 134 Å². The van der Waals surface area contributed by atoms with E-state index >= 15 is 0 Å². The summed E-state index contributed by atoms with van der Waals surface area (Å²) in [7, 11) is 0. The van der Waals surface area contributed by atoms with Crippen LogP contribution in [-0.2, 0) is 0 Å². The van der Waals surface area contributed by atoms with Crippen LogP contribution < -0.4 is 0 Å². The molecule has 2 aliphatic heterocycles. The molecule has 1 fully saturated rings. The van der Waals surface area contributed by atoms with Crippen LogP contribution in [0.2, 0.25) is 0 Å². The van der Waals surface area contributed by atoms with Crippen LogP contribution in [0.15, 0.2) is 190 Å². The molecule has 2 heterocycles. The van der Waals surface area contributed by atoms with Gasteiger partial charge >= 0.3 is 0 Å². The second kappa shape index (κ2) is 14.8. The monoisotopic (exact) mass is 734 g/mol. The zero-order valence-electron chi connectivity index (χ0n) is 33.1. The maximum atomic E-state index is 2.97. The van der Waals surface area contributed by atoms with Crippen molar-refractivity contribution >= 4 is 0 Å². The number of likely N-dealkylation sites (tertiary alicyclic amines) is 1. The van der Waals surface area contributed by atoms with Gasteiger partial charge in [-0.3, -0.25) is 4.90 Å². The molecule has 2 nitrogen and oxygen atoms in total. The van der Waals surface area contributed by atoms with Crippen molar-refractivity contribution in [2.24, 2.45) is 29.6 Å². The van der Waals surface area contributed by atoms with Crippen molar-refractivity contribution in [2.45, 2.75) is 108 Å². The fraction of sp³-hybridized carbons (Fsp3) is 0.407. The molecule has 9 unspecified atom stereocenters. The van der Waals surface area contributed by atoms with Crippen LogP contribution in [0, 0.1) is 29.6 Å². The average Bonchev–Trinajstić information content (AvgIpc) is 3.79. The van der Waals surface area contributed by atoms with Gasteiger partial charge in [0, 0.05) is 47.3 Å². The molecule has 0 amide bonds. The molecule has 0 bridgehead atoms. The Hall–Kier alpha value is -4.40. The average molecular weight is 735 g/mol. The highest BCUT2D eigenvalue weighted by molar-refractivity contribution is 5.56. The third-order valence-electron chi connectivity index (χ3n) is 15.1. The number of allylic oxidation sites excluding steroid dienone is 25. The lowest BCUT2D eigenvalue weighted by Crippen LogP contribution is -2.45. The lowest BCUT2D eigenvalue weighted by atomic mass is 9.76. The second-order valence-electron chi connectivity index (χ2n) is 18.1. The van der Waals surface area contributed by atoms with Crippen LogP contribution in [0.4, 0.5) is 0 Å². The Labute approximate surface area is 336 Å². The van der Waals surface area contributed by atoms with E-state index in [0.717, 1.165) is 44.9 Å². The summed E-state index contributed by atoms with van der Waals surface area (Å²) in [5.74, 6) is 2.94. The summed E-state index contributed by atoms with van der Waals surface area (Å²) >= 11 is 0. The highest BCUT2D eigenvalue weighted by Crippen LogP contribution is 2.52. The molecule has 2 heteroatoms. The zero-order valence-corrected chi connectivity index (χ0v) is 33.1. The van der Waals surface area contributed by atoms with E-state index in [1.807, 2.05) is 0 Å². The van der Waals surface area contributed by atoms with Crippen LogP contribution in [0.1, 0.15) is 83.5 Å². The molecule has 0 aromatic carbocycles. The summed E-state index contributed by atoms with van der Waals surface area (Å²) in [5, 5.41) is 0. The molecule has 56 heavy (non-hydrogen) atoms. The summed E-state index contributed by atoms with van der Waals surface area (Å²) in [6.07, 6.45) is 72.1. The first-order valence-corrected chi connectivity index (χ1v) is 22.4. The van der Waals surface area contributed by atoms with Crippen LogP contribution >= 0.6 is 0 Å². The molecule has 284 valence electrons. The third-order valence-corrected chi connectivity index (χ3v) is 15.1. The predicted octanol–water partition coefficient (Wildman–Crippen LogP) is 12.5. The Morgan fingerprint density at radius 1 is 0.554 bits per heavy atom. The van der Waals surface area contributed by atoms with Crippen molar-refractivity contribution in [3.05, 3.63) is 190 Å². The maximum absolute atomic E-state index is 2.97. The SMILES string of the molecule is C1=CCC(C2C=CC=C(N3C4=C(C=CCC4)C4CCC(C5=CC6C(C=C5)C5C=CCCC5N6C5C=CC(C6=CC(C7=CCCC=C7)=CCC6)=CC5)=CC43)C2)C=C1. The summed E-state index contributed by atoms with van der Waals surface area (Å²) in [5.41, 5.74) is 13.7. The maximum Gasteiger partial charge on any atom is 0.0591 e. The first-order valence-electron chi connectivity index (χ1n) is 22.4. The van der Waals surface area contributed by atoms with Gasteiger partial charge < -0.3 is 4.90 Å². The van der Waals surface area contributed by atoms with Gasteiger partial charge in [0.2, 0.25) is 0 Å². The minimum Gasteiger partial charge on any atom is -0.341 e. The minimum absolute atomic E-state index is 0.420. The molecule has 0 saturated carbocycles. The minimum atomic E-state index is 0.420. The molecule has 0 N–H and O–H groups in total. The van der Waals surface area contributed by atoms with Gasteiger partial charge in [-0.2, -0.15) is 0 Å². The third kappa shape index (κ3) is 6.19. The molecule has 9 aliphatic carbocycles. The number of hydrogen-bond acceptors (Lipinski definition) is 2. The van der Waals surface area contributed by atoms with Crippen LogP contribution in [0.3, 0.4) is 0 Å². The topological polar surface area (TPSA) is 6.48 Å². The van der Waals surface area contributed by atoms with Gasteiger partial charge in [0.15, 0.2) is 0 Å². The number of rotatable bonds is 6. The first kappa shape index (κ1) is 34.8. The van der Waals surface area contributed by atoms with Crippen molar-refractivity contribution in [1.82, 2.24) is 9.80 Å². The normalized spacial score (nSPS) is 36.9. The van der Waals surface area contributed by atoms with E-state index in [9.17, 15) is 0 Å². The number of hydrogen-bond donors (Lipinski definition) is 0. The van der Waals surface area contributed by atoms with Gasteiger partial charge in [-0.25, -0.2) is 0 Å². The van der Waals surface area contributed by atoms with Crippen LogP contribution in [-0.4, -0.2) is 34.0 Å². The molecule has 0 radical (unpaired) electrons. The number of fused-ring (bicyclic) bond motifs is 5. The molecule has 11 rings (SSSR count). The van der Waals surface area contributed by atoms with Crippen molar-refractivity contribution in [3.63, 3.8) is 0 Å². The Kier molecular flexibility index (Phi) is 9.22. The molecule has 9 atom stereocenters. The van der Waals surface area contributed by atoms with E-state index in [1.165, 1.54) is 72.1 Å². The summed E-state index contributed by atoms with van der Waals surface area (Å²) in [4.78, 5) is 5.80. The van der Waals surface area contributed by atoms with E-state index in [1.54, 1.807) is 16.8 Å². The zero-order chi connectivity index (χ0) is 37.0. The van der Waals surface area contributed by atoms with E-state index in [2.05, 4.69) is 150 Å². The second-order valence-corrected chi connectivity index (χ2v) is 18.1. The number of nitrogens with zero attached hydrogens (tertiary/aromatic N) is 2. The van der Waals surface area contributed by atoms with E-state index < -0.39 is 0 Å². The molecule has 0 aromatic heterocycles. The first-order chi connectivity index (χ1) is 27.8. The smallest absolute Gasteiger partial charge is 0.0591 e. The fourth-order valence-corrected chi connectivity index (χ4v) is 12.4. The van der Waals surface area contributed by atoms with Crippen molar-refractivity contribution in [3.8, 4) is 0 Å². The van der Waals surface area contributed by atoms with Gasteiger partial charge in [0.25, 0.3) is 0 Å². The molecular formula is C54H58N2. The molecule has 11 aliphatic rings. The van der Waals surface area contributed by atoms with Crippen molar-refractivity contribution in [1.29, 1.82) is 0 Å². The summed E-state index contributed by atoms with van der Waals surface area (Å²) < 4.78 is 0. The Morgan fingerprint density at radius 3 is 2.38 bits per heavy atom.